The molecule has 1 fully saturated rings. The van der Waals surface area contributed by atoms with Gasteiger partial charge in [0.05, 0.1) is 6.61 Å². The fourth-order valence-electron chi connectivity index (χ4n) is 3.13. The minimum atomic E-state index is -1.82. The van der Waals surface area contributed by atoms with Crippen LogP contribution in [0.1, 0.15) is 34.6 Å². The van der Waals surface area contributed by atoms with Crippen LogP contribution in [0.2, 0.25) is 0 Å². The standard InChI is InChI=1S/C19H29FN2O10/c1-6-21-19(27)22-15-16(31-11(4)25)13(20)7-29-18(15)17(32-12(5)26)14(30-10(3)24)8-28-9(2)23/h13-18H,6-8H2,1-5H3,(H2,21,22,27)/t13-,14-,15-,16?,17-,18?/m1/s1. The molecule has 0 spiro atoms. The number of esters is 4. The first-order valence-corrected chi connectivity index (χ1v) is 9.91. The van der Waals surface area contributed by atoms with Gasteiger partial charge in [-0.15, -0.1) is 0 Å². The van der Waals surface area contributed by atoms with Crippen LogP contribution < -0.4 is 10.6 Å². The predicted molar refractivity (Wildman–Crippen MR) is 104 cm³/mol. The lowest BCUT2D eigenvalue weighted by molar-refractivity contribution is -0.209. The van der Waals surface area contributed by atoms with Crippen LogP contribution in [0, 0.1) is 0 Å². The molecule has 0 aromatic rings. The largest absolute Gasteiger partial charge is 0.462 e. The van der Waals surface area contributed by atoms with Crippen molar-refractivity contribution in [1.29, 1.82) is 0 Å². The van der Waals surface area contributed by atoms with Crippen LogP contribution in [-0.4, -0.2) is 86.3 Å². The van der Waals surface area contributed by atoms with Crippen LogP contribution in [0.15, 0.2) is 0 Å². The van der Waals surface area contributed by atoms with Gasteiger partial charge < -0.3 is 34.3 Å². The van der Waals surface area contributed by atoms with Gasteiger partial charge in [0.15, 0.2) is 24.5 Å². The lowest BCUT2D eigenvalue weighted by Gasteiger charge is -2.43. The fourth-order valence-corrected chi connectivity index (χ4v) is 3.13. The highest BCUT2D eigenvalue weighted by Crippen LogP contribution is 2.27. The molecular weight excluding hydrogens is 435 g/mol. The zero-order chi connectivity index (χ0) is 24.4. The van der Waals surface area contributed by atoms with Gasteiger partial charge in [0.1, 0.15) is 18.8 Å². The Labute approximate surface area is 184 Å². The van der Waals surface area contributed by atoms with E-state index in [4.69, 9.17) is 23.7 Å². The quantitative estimate of drug-likeness (QED) is 0.345. The van der Waals surface area contributed by atoms with Gasteiger partial charge in [-0.1, -0.05) is 0 Å². The number of amides is 2. The molecule has 0 radical (unpaired) electrons. The second-order valence-electron chi connectivity index (χ2n) is 6.94. The molecule has 32 heavy (non-hydrogen) atoms. The molecule has 0 bridgehead atoms. The van der Waals surface area contributed by atoms with Crippen molar-refractivity contribution in [2.45, 2.75) is 71.2 Å². The lowest BCUT2D eigenvalue weighted by Crippen LogP contribution is -2.67. The lowest BCUT2D eigenvalue weighted by atomic mass is 9.91. The van der Waals surface area contributed by atoms with Crippen LogP contribution in [0.4, 0.5) is 9.18 Å². The molecule has 0 aromatic carbocycles. The Morgan fingerprint density at radius 1 is 1.00 bits per heavy atom. The molecule has 2 amide bonds. The Hall–Kier alpha value is -2.96. The average Bonchev–Trinajstić information content (AvgIpc) is 2.66. The van der Waals surface area contributed by atoms with Crippen LogP contribution in [0.3, 0.4) is 0 Å². The Kier molecular flexibility index (Phi) is 10.8. The van der Waals surface area contributed by atoms with Gasteiger partial charge in [-0.25, -0.2) is 9.18 Å². The molecule has 1 aliphatic rings. The zero-order valence-corrected chi connectivity index (χ0v) is 18.5. The average molecular weight is 464 g/mol. The highest BCUT2D eigenvalue weighted by Gasteiger charge is 2.51. The number of alkyl halides is 1. The van der Waals surface area contributed by atoms with Crippen molar-refractivity contribution in [1.82, 2.24) is 10.6 Å². The van der Waals surface area contributed by atoms with Crippen molar-refractivity contribution in [2.24, 2.45) is 0 Å². The first kappa shape index (κ1) is 27.1. The molecule has 6 atom stereocenters. The molecule has 13 heteroatoms. The minimum Gasteiger partial charge on any atom is -0.462 e. The van der Waals surface area contributed by atoms with E-state index < -0.39 is 79.8 Å². The number of carbonyl (C=O) groups is 5. The van der Waals surface area contributed by atoms with Gasteiger partial charge in [0.2, 0.25) is 0 Å². The molecule has 2 unspecified atom stereocenters. The molecular formula is C19H29FN2O10. The molecule has 1 rings (SSSR count). The van der Waals surface area contributed by atoms with E-state index in [0.29, 0.717) is 0 Å². The van der Waals surface area contributed by atoms with Gasteiger partial charge in [0, 0.05) is 34.2 Å². The first-order valence-electron chi connectivity index (χ1n) is 9.91. The van der Waals surface area contributed by atoms with Crippen molar-refractivity contribution < 1.29 is 52.0 Å². The van der Waals surface area contributed by atoms with E-state index in [9.17, 15) is 28.4 Å². The molecule has 0 aliphatic carbocycles. The molecule has 2 N–H and O–H groups in total. The number of ether oxygens (including phenoxy) is 5. The topological polar surface area (TPSA) is 156 Å². The molecule has 0 aromatic heterocycles. The fraction of sp³-hybridized carbons (Fsp3) is 0.737. The monoisotopic (exact) mass is 464 g/mol. The number of hydrogen-bond acceptors (Lipinski definition) is 10. The van der Waals surface area contributed by atoms with Crippen LogP contribution in [0.25, 0.3) is 0 Å². The molecule has 12 nitrogen and oxygen atoms in total. The highest BCUT2D eigenvalue weighted by atomic mass is 19.1. The third kappa shape index (κ3) is 8.65. The summed E-state index contributed by atoms with van der Waals surface area (Å²) in [7, 11) is 0. The number of hydrogen-bond donors (Lipinski definition) is 2. The summed E-state index contributed by atoms with van der Waals surface area (Å²) in [6.45, 7) is 5.12. The summed E-state index contributed by atoms with van der Waals surface area (Å²) < 4.78 is 40.5. The Balaban J connectivity index is 3.39. The van der Waals surface area contributed by atoms with Gasteiger partial charge in [0.25, 0.3) is 0 Å². The second kappa shape index (κ2) is 12.8. The van der Waals surface area contributed by atoms with E-state index in [2.05, 4.69) is 10.6 Å². The summed E-state index contributed by atoms with van der Waals surface area (Å²) in [6, 6.07) is -2.09. The summed E-state index contributed by atoms with van der Waals surface area (Å²) in [5.74, 6) is -3.13. The maximum atomic E-state index is 14.6. The van der Waals surface area contributed by atoms with Gasteiger partial charge in [-0.2, -0.15) is 0 Å². The number of urea groups is 1. The van der Waals surface area contributed by atoms with Crippen molar-refractivity contribution in [3.63, 3.8) is 0 Å². The van der Waals surface area contributed by atoms with Gasteiger partial charge >= 0.3 is 29.9 Å². The minimum absolute atomic E-state index is 0.233. The summed E-state index contributed by atoms with van der Waals surface area (Å²) in [6.07, 6.45) is -7.47. The van der Waals surface area contributed by atoms with Crippen molar-refractivity contribution in [3.8, 4) is 0 Å². The maximum Gasteiger partial charge on any atom is 0.315 e. The van der Waals surface area contributed by atoms with E-state index in [1.807, 2.05) is 0 Å². The number of carbonyl (C=O) groups excluding carboxylic acids is 5. The number of nitrogens with one attached hydrogen (secondary N) is 2. The summed E-state index contributed by atoms with van der Waals surface area (Å²) in [4.78, 5) is 58.5. The molecule has 0 saturated carbocycles. The van der Waals surface area contributed by atoms with Crippen molar-refractivity contribution in [2.75, 3.05) is 19.8 Å². The van der Waals surface area contributed by atoms with E-state index in [1.165, 1.54) is 0 Å². The number of halogens is 1. The van der Waals surface area contributed by atoms with E-state index in [0.717, 1.165) is 27.7 Å². The molecule has 182 valence electrons. The predicted octanol–water partition coefficient (Wildman–Crippen LogP) is -0.231. The normalized spacial score (nSPS) is 24.3. The Morgan fingerprint density at radius 3 is 2.12 bits per heavy atom. The first-order chi connectivity index (χ1) is 15.0. The molecule has 1 heterocycles. The highest BCUT2D eigenvalue weighted by molar-refractivity contribution is 5.74. The number of rotatable bonds is 9. The van der Waals surface area contributed by atoms with Crippen molar-refractivity contribution in [3.05, 3.63) is 0 Å². The third-order valence-corrected chi connectivity index (χ3v) is 4.21. The van der Waals surface area contributed by atoms with E-state index in [1.54, 1.807) is 6.92 Å². The molecule has 1 saturated heterocycles. The van der Waals surface area contributed by atoms with Crippen molar-refractivity contribution >= 4 is 29.9 Å². The third-order valence-electron chi connectivity index (χ3n) is 4.21. The summed E-state index contributed by atoms with van der Waals surface area (Å²) >= 11 is 0. The second-order valence-corrected chi connectivity index (χ2v) is 6.94. The SMILES string of the molecule is CCNC(=O)N[C@@H]1C(OC(C)=O)[C@H](F)COC1[C@H](OC(C)=O)[C@@H](COC(C)=O)OC(C)=O. The summed E-state index contributed by atoms with van der Waals surface area (Å²) in [5.41, 5.74) is 0. The van der Waals surface area contributed by atoms with Crippen LogP contribution in [-0.2, 0) is 42.9 Å². The summed E-state index contributed by atoms with van der Waals surface area (Å²) in [5, 5.41) is 4.90. The Morgan fingerprint density at radius 2 is 1.62 bits per heavy atom. The maximum absolute atomic E-state index is 14.6. The molecule has 1 aliphatic heterocycles. The van der Waals surface area contributed by atoms with Crippen LogP contribution >= 0.6 is 0 Å². The van der Waals surface area contributed by atoms with E-state index >= 15 is 0 Å². The Bertz CT molecular complexity index is 704. The zero-order valence-electron chi connectivity index (χ0n) is 18.5. The van der Waals surface area contributed by atoms with Gasteiger partial charge in [-0.3, -0.25) is 19.2 Å². The van der Waals surface area contributed by atoms with Gasteiger partial charge in [-0.05, 0) is 6.92 Å². The smallest absolute Gasteiger partial charge is 0.315 e. The van der Waals surface area contributed by atoms with Crippen LogP contribution in [0.5, 0.6) is 0 Å². The van der Waals surface area contributed by atoms with E-state index in [-0.39, 0.29) is 6.54 Å².